The number of ether oxygens (including phenoxy) is 1. The molecule has 150 valence electrons. The second kappa shape index (κ2) is 8.59. The van der Waals surface area contributed by atoms with Crippen LogP contribution in [-0.2, 0) is 6.42 Å². The van der Waals surface area contributed by atoms with Crippen LogP contribution in [0, 0.1) is 6.92 Å². The summed E-state index contributed by atoms with van der Waals surface area (Å²) in [6, 6.07) is 14.2. The van der Waals surface area contributed by atoms with Gasteiger partial charge in [0.2, 0.25) is 5.13 Å². The van der Waals surface area contributed by atoms with Crippen molar-refractivity contribution < 1.29 is 4.74 Å². The van der Waals surface area contributed by atoms with E-state index in [1.807, 2.05) is 38.1 Å². The Morgan fingerprint density at radius 3 is 2.79 bits per heavy atom. The van der Waals surface area contributed by atoms with E-state index in [4.69, 9.17) is 10.5 Å². The molecule has 7 nitrogen and oxygen atoms in total. The van der Waals surface area contributed by atoms with E-state index in [2.05, 4.69) is 43.9 Å². The van der Waals surface area contributed by atoms with E-state index in [0.717, 1.165) is 44.5 Å². The van der Waals surface area contributed by atoms with Gasteiger partial charge < -0.3 is 15.8 Å². The van der Waals surface area contributed by atoms with Crippen molar-refractivity contribution in [1.82, 2.24) is 20.4 Å². The molecule has 1 atom stereocenters. The van der Waals surface area contributed by atoms with Crippen molar-refractivity contribution in [2.45, 2.75) is 26.3 Å². The van der Waals surface area contributed by atoms with Crippen LogP contribution in [0.25, 0.3) is 21.5 Å². The number of H-pyrrole nitrogens is 1. The third-order valence-electron chi connectivity index (χ3n) is 4.66. The highest BCUT2D eigenvalue weighted by molar-refractivity contribution is 7.18. The molecule has 0 saturated heterocycles. The summed E-state index contributed by atoms with van der Waals surface area (Å²) in [5, 5.41) is 21.9. The van der Waals surface area contributed by atoms with Crippen molar-refractivity contribution in [2.75, 3.05) is 18.5 Å². The summed E-state index contributed by atoms with van der Waals surface area (Å²) >= 11 is 1.52. The smallest absolute Gasteiger partial charge is 0.206 e. The number of nitrogens with one attached hydrogen (secondary N) is 2. The zero-order valence-electron chi connectivity index (χ0n) is 16.5. The van der Waals surface area contributed by atoms with Gasteiger partial charge in [0, 0.05) is 29.2 Å². The third-order valence-corrected chi connectivity index (χ3v) is 5.59. The Morgan fingerprint density at radius 1 is 1.17 bits per heavy atom. The van der Waals surface area contributed by atoms with E-state index in [1.165, 1.54) is 16.9 Å². The number of aromatic nitrogens is 4. The first-order valence-corrected chi connectivity index (χ1v) is 10.4. The molecule has 2 heterocycles. The summed E-state index contributed by atoms with van der Waals surface area (Å²) < 4.78 is 5.47. The molecule has 4 rings (SSSR count). The van der Waals surface area contributed by atoms with Gasteiger partial charge in [-0.15, -0.1) is 10.2 Å². The third kappa shape index (κ3) is 4.55. The number of benzene rings is 2. The molecule has 0 radical (unpaired) electrons. The normalized spacial score (nSPS) is 12.2. The molecule has 29 heavy (non-hydrogen) atoms. The lowest BCUT2D eigenvalue weighted by molar-refractivity contribution is 0.340. The Bertz CT molecular complexity index is 1090. The minimum atomic E-state index is -0.0229. The second-order valence-electron chi connectivity index (χ2n) is 6.91. The number of fused-ring (bicyclic) bond motifs is 1. The lowest BCUT2D eigenvalue weighted by Gasteiger charge is -2.12. The average molecular weight is 409 g/mol. The first kappa shape index (κ1) is 19.4. The summed E-state index contributed by atoms with van der Waals surface area (Å²) in [5.74, 6) is 0.883. The van der Waals surface area contributed by atoms with E-state index in [-0.39, 0.29) is 6.04 Å². The van der Waals surface area contributed by atoms with Crippen molar-refractivity contribution in [3.63, 3.8) is 0 Å². The molecule has 0 spiro atoms. The van der Waals surface area contributed by atoms with Crippen LogP contribution in [0.4, 0.5) is 5.13 Å². The first-order valence-electron chi connectivity index (χ1n) is 9.62. The quantitative estimate of drug-likeness (QED) is 0.410. The van der Waals surface area contributed by atoms with E-state index in [9.17, 15) is 0 Å². The Morgan fingerprint density at radius 2 is 2.00 bits per heavy atom. The number of aromatic amines is 1. The molecule has 0 bridgehead atoms. The number of nitrogens with zero attached hydrogens (tertiary/aromatic N) is 3. The molecule has 0 aliphatic carbocycles. The van der Waals surface area contributed by atoms with E-state index >= 15 is 0 Å². The van der Waals surface area contributed by atoms with Gasteiger partial charge in [-0.05, 0) is 56.2 Å². The average Bonchev–Trinajstić information content (AvgIpc) is 3.35. The summed E-state index contributed by atoms with van der Waals surface area (Å²) in [5.41, 5.74) is 10.5. The van der Waals surface area contributed by atoms with Gasteiger partial charge in [0.15, 0.2) is 0 Å². The fourth-order valence-electron chi connectivity index (χ4n) is 3.16. The fourth-order valence-corrected chi connectivity index (χ4v) is 3.91. The first-order chi connectivity index (χ1) is 14.1. The highest BCUT2D eigenvalue weighted by Gasteiger charge is 2.11. The fraction of sp³-hybridized carbons (Fsp3) is 0.286. The summed E-state index contributed by atoms with van der Waals surface area (Å²) in [6.45, 7) is 5.28. The highest BCUT2D eigenvalue weighted by Crippen LogP contribution is 2.29. The van der Waals surface area contributed by atoms with Gasteiger partial charge >= 0.3 is 0 Å². The van der Waals surface area contributed by atoms with Crippen LogP contribution in [-0.4, -0.2) is 39.6 Å². The molecule has 2 aromatic heterocycles. The van der Waals surface area contributed by atoms with Crippen molar-refractivity contribution in [2.24, 2.45) is 5.73 Å². The van der Waals surface area contributed by atoms with Gasteiger partial charge in [-0.1, -0.05) is 23.5 Å². The molecule has 0 unspecified atom stereocenters. The lowest BCUT2D eigenvalue weighted by Crippen LogP contribution is -2.31. The summed E-state index contributed by atoms with van der Waals surface area (Å²) in [6.07, 6.45) is 0.779. The summed E-state index contributed by atoms with van der Waals surface area (Å²) in [7, 11) is 0. The highest BCUT2D eigenvalue weighted by atomic mass is 32.1. The Balaban J connectivity index is 1.35. The van der Waals surface area contributed by atoms with Gasteiger partial charge in [0.1, 0.15) is 10.8 Å². The van der Waals surface area contributed by atoms with Gasteiger partial charge in [-0.25, -0.2) is 0 Å². The predicted octanol–water partition coefficient (Wildman–Crippen LogP) is 3.77. The molecular weight excluding hydrogens is 384 g/mol. The SMILES string of the molecule is CCOc1ccc(C[C@H](N)CNc2nnc(-c3ccc4n[nH]c(C)c4c3)s2)cc1. The van der Waals surface area contributed by atoms with Crippen molar-refractivity contribution >= 4 is 27.4 Å². The molecule has 8 heteroatoms. The molecule has 4 N–H and O–H groups in total. The molecule has 0 aliphatic heterocycles. The number of hydrogen-bond acceptors (Lipinski definition) is 7. The molecular formula is C21H24N6OS. The van der Waals surface area contributed by atoms with E-state index < -0.39 is 0 Å². The number of hydrogen-bond donors (Lipinski definition) is 3. The number of nitrogens with two attached hydrogens (primary N) is 1. The minimum absolute atomic E-state index is 0.0229. The van der Waals surface area contributed by atoms with Crippen LogP contribution in [0.5, 0.6) is 5.75 Å². The number of aryl methyl sites for hydroxylation is 1. The molecule has 0 amide bonds. The Hall–Kier alpha value is -2.97. The Labute approximate surface area is 173 Å². The largest absolute Gasteiger partial charge is 0.494 e. The van der Waals surface area contributed by atoms with Crippen LogP contribution in [0.3, 0.4) is 0 Å². The van der Waals surface area contributed by atoms with Crippen LogP contribution in [0.2, 0.25) is 0 Å². The molecule has 4 aromatic rings. The number of rotatable bonds is 8. The Kier molecular flexibility index (Phi) is 5.73. The van der Waals surface area contributed by atoms with Crippen molar-refractivity contribution in [3.8, 4) is 16.3 Å². The van der Waals surface area contributed by atoms with Gasteiger partial charge in [0.05, 0.1) is 12.1 Å². The zero-order chi connectivity index (χ0) is 20.2. The standard InChI is InChI=1S/C21H24N6OS/c1-3-28-17-7-4-14(5-8-17)10-16(22)12-23-21-27-26-20(29-21)15-6-9-19-18(11-15)13(2)24-25-19/h4-9,11,16H,3,10,12,22H2,1-2H3,(H,23,27)(H,24,25)/t16-/m0/s1. The van der Waals surface area contributed by atoms with Gasteiger partial charge in [-0.3, -0.25) is 5.10 Å². The van der Waals surface area contributed by atoms with Crippen molar-refractivity contribution in [1.29, 1.82) is 0 Å². The summed E-state index contributed by atoms with van der Waals surface area (Å²) in [4.78, 5) is 0. The second-order valence-corrected chi connectivity index (χ2v) is 7.89. The molecule has 0 saturated carbocycles. The monoisotopic (exact) mass is 408 g/mol. The van der Waals surface area contributed by atoms with Crippen LogP contribution >= 0.6 is 11.3 Å². The van der Waals surface area contributed by atoms with Crippen LogP contribution in [0.1, 0.15) is 18.2 Å². The van der Waals surface area contributed by atoms with Gasteiger partial charge in [0.25, 0.3) is 0 Å². The predicted molar refractivity (Wildman–Crippen MR) is 118 cm³/mol. The molecule has 2 aromatic carbocycles. The molecule has 0 aliphatic rings. The van der Waals surface area contributed by atoms with Crippen molar-refractivity contribution in [3.05, 3.63) is 53.7 Å². The number of anilines is 1. The maximum absolute atomic E-state index is 6.29. The van der Waals surface area contributed by atoms with E-state index in [1.54, 1.807) is 0 Å². The molecule has 0 fully saturated rings. The van der Waals surface area contributed by atoms with Crippen LogP contribution < -0.4 is 15.8 Å². The maximum Gasteiger partial charge on any atom is 0.206 e. The zero-order valence-corrected chi connectivity index (χ0v) is 17.3. The lowest BCUT2D eigenvalue weighted by atomic mass is 10.1. The van der Waals surface area contributed by atoms with Crippen LogP contribution in [0.15, 0.2) is 42.5 Å². The van der Waals surface area contributed by atoms with E-state index in [0.29, 0.717) is 13.2 Å². The maximum atomic E-state index is 6.29. The topological polar surface area (TPSA) is 102 Å². The van der Waals surface area contributed by atoms with Gasteiger partial charge in [-0.2, -0.15) is 5.10 Å². The minimum Gasteiger partial charge on any atom is -0.494 e.